The molecule has 1 radical (unpaired) electrons. The van der Waals surface area contributed by atoms with Crippen LogP contribution in [0.3, 0.4) is 0 Å². The van der Waals surface area contributed by atoms with Gasteiger partial charge >= 0.3 is 0 Å². The van der Waals surface area contributed by atoms with Crippen LogP contribution >= 0.6 is 7.26 Å². The maximum atomic E-state index is 13.7. The number of carbonyl (C=O) groups excluding carboxylic acids is 1. The summed E-state index contributed by atoms with van der Waals surface area (Å²) in [5.74, 6) is 0.335. The first-order valence-corrected chi connectivity index (χ1v) is 14.4. The van der Waals surface area contributed by atoms with E-state index < -0.39 is 18.3 Å². The maximum absolute atomic E-state index is 13.7. The summed E-state index contributed by atoms with van der Waals surface area (Å²) >= 11 is 0. The lowest BCUT2D eigenvalue weighted by atomic mass is 9.75. The van der Waals surface area contributed by atoms with Crippen LogP contribution in [0.1, 0.15) is 40.5 Å². The summed E-state index contributed by atoms with van der Waals surface area (Å²) in [5, 5.41) is 20.9. The average Bonchev–Trinajstić information content (AvgIpc) is 2.86. The largest absolute Gasteiger partial charge is 0.353 e. The summed E-state index contributed by atoms with van der Waals surface area (Å²) in [4.78, 5) is 13.7. The van der Waals surface area contributed by atoms with Gasteiger partial charge in [0.05, 0.1) is 0 Å². The summed E-state index contributed by atoms with van der Waals surface area (Å²) in [7, 11) is -2.21. The minimum atomic E-state index is -2.21. The van der Waals surface area contributed by atoms with Gasteiger partial charge in [-0.25, -0.2) is 0 Å². The van der Waals surface area contributed by atoms with Gasteiger partial charge in [0.2, 0.25) is 0 Å². The summed E-state index contributed by atoms with van der Waals surface area (Å²) in [6, 6.07) is 31.4. The van der Waals surface area contributed by atoms with Gasteiger partial charge in [-0.15, -0.1) is 10.3 Å². The van der Waals surface area contributed by atoms with Crippen molar-refractivity contribution in [2.45, 2.75) is 51.6 Å². The van der Waals surface area contributed by atoms with Gasteiger partial charge in [0.25, 0.3) is 5.91 Å². The molecular weight excluding hydrogens is 451 g/mol. The van der Waals surface area contributed by atoms with Crippen molar-refractivity contribution in [3.05, 3.63) is 91.0 Å². The third-order valence-electron chi connectivity index (χ3n) is 7.24. The lowest BCUT2D eigenvalue weighted by molar-refractivity contribution is -0.293. The van der Waals surface area contributed by atoms with Crippen molar-refractivity contribution in [3.8, 4) is 0 Å². The highest BCUT2D eigenvalue weighted by Crippen LogP contribution is 2.55. The number of nitrogens with zero attached hydrogens (tertiary/aromatic N) is 1. The molecule has 1 aliphatic rings. The molecule has 0 aliphatic carbocycles. The van der Waals surface area contributed by atoms with Gasteiger partial charge in [-0.05, 0) is 82.9 Å². The lowest BCUT2D eigenvalue weighted by Crippen LogP contribution is -2.59. The Balaban J connectivity index is 1.64. The van der Waals surface area contributed by atoms with Crippen LogP contribution in [0.25, 0.3) is 0 Å². The third-order valence-corrected chi connectivity index (χ3v) is 11.5. The molecule has 3 aromatic rings. The zero-order valence-corrected chi connectivity index (χ0v) is 22.2. The zero-order valence-electron chi connectivity index (χ0n) is 21.3. The standard InChI is InChI=1S/C30H36N2O2P/c1-29(2)20-24(21-30(3,4)32(29)34)22-31-28(33)23-35(25-14-8-5-9-15-25,26-16-10-6-11-17-26)27-18-12-7-13-19-27/h5-19,24H,20-23H2,1-4H3/p+1. The van der Waals surface area contributed by atoms with Gasteiger partial charge in [-0.3, -0.25) is 4.79 Å². The van der Waals surface area contributed by atoms with Gasteiger partial charge in [-0.1, -0.05) is 54.6 Å². The second-order valence-corrected chi connectivity index (χ2v) is 14.5. The van der Waals surface area contributed by atoms with E-state index in [2.05, 4.69) is 78.1 Å². The second-order valence-electron chi connectivity index (χ2n) is 11.0. The molecule has 3 aromatic carbocycles. The van der Waals surface area contributed by atoms with E-state index in [0.717, 1.165) is 12.8 Å². The zero-order chi connectivity index (χ0) is 25.1. The molecule has 1 saturated heterocycles. The van der Waals surface area contributed by atoms with Crippen LogP contribution in [-0.2, 0) is 10.0 Å². The number of hydrogen-bond acceptors (Lipinski definition) is 2. The quantitative estimate of drug-likeness (QED) is 0.490. The first kappa shape index (κ1) is 25.6. The van der Waals surface area contributed by atoms with E-state index in [9.17, 15) is 10.0 Å². The lowest BCUT2D eigenvalue weighted by Gasteiger charge is -2.50. The molecule has 0 bridgehead atoms. The van der Waals surface area contributed by atoms with Crippen molar-refractivity contribution in [1.82, 2.24) is 10.4 Å². The molecule has 0 aromatic heterocycles. The summed E-state index contributed by atoms with van der Waals surface area (Å²) in [5.41, 5.74) is -0.877. The van der Waals surface area contributed by atoms with E-state index in [4.69, 9.17) is 0 Å². The number of amides is 1. The molecule has 1 N–H and O–H groups in total. The monoisotopic (exact) mass is 488 g/mol. The third kappa shape index (κ3) is 5.35. The maximum Gasteiger partial charge on any atom is 0.258 e. The predicted octanol–water partition coefficient (Wildman–Crippen LogP) is 4.71. The molecule has 35 heavy (non-hydrogen) atoms. The van der Waals surface area contributed by atoms with Gasteiger partial charge in [0.1, 0.15) is 23.2 Å². The average molecular weight is 489 g/mol. The molecule has 0 spiro atoms. The summed E-state index contributed by atoms with van der Waals surface area (Å²) in [6.45, 7) is 8.62. The molecule has 5 heteroatoms. The molecule has 0 unspecified atom stereocenters. The first-order valence-electron chi connectivity index (χ1n) is 12.4. The van der Waals surface area contributed by atoms with Crippen molar-refractivity contribution in [3.63, 3.8) is 0 Å². The van der Waals surface area contributed by atoms with Gasteiger partial charge in [0, 0.05) is 17.6 Å². The van der Waals surface area contributed by atoms with Crippen LogP contribution in [0.4, 0.5) is 0 Å². The number of nitrogens with one attached hydrogen (secondary N) is 1. The number of hydroxylamine groups is 2. The van der Waals surface area contributed by atoms with E-state index in [1.54, 1.807) is 0 Å². The van der Waals surface area contributed by atoms with Crippen molar-refractivity contribution < 1.29 is 10.0 Å². The van der Waals surface area contributed by atoms with Crippen LogP contribution < -0.4 is 21.2 Å². The molecule has 1 amide bonds. The predicted molar refractivity (Wildman–Crippen MR) is 146 cm³/mol. The van der Waals surface area contributed by atoms with E-state index >= 15 is 0 Å². The SMILES string of the molecule is CC1(C)CC(CNC(=O)C[P+](c2ccccc2)(c2ccccc2)c2ccccc2)CC(C)(C)N1[O]. The second kappa shape index (κ2) is 10.2. The smallest absolute Gasteiger partial charge is 0.258 e. The molecule has 0 atom stereocenters. The highest BCUT2D eigenvalue weighted by Gasteiger charge is 2.48. The first-order chi connectivity index (χ1) is 16.6. The molecular formula is C30H37N2O2P+. The van der Waals surface area contributed by atoms with Gasteiger partial charge in [0.15, 0.2) is 6.16 Å². The fraction of sp³-hybridized carbons (Fsp3) is 0.367. The number of piperidine rings is 1. The fourth-order valence-electron chi connectivity index (χ4n) is 5.91. The Morgan fingerprint density at radius 3 is 1.51 bits per heavy atom. The number of benzene rings is 3. The van der Waals surface area contributed by atoms with Gasteiger partial charge in [-0.2, -0.15) is 0 Å². The number of carbonyl (C=O) groups is 1. The Kier molecular flexibility index (Phi) is 7.47. The number of rotatable bonds is 7. The van der Waals surface area contributed by atoms with E-state index in [-0.39, 0.29) is 11.8 Å². The summed E-state index contributed by atoms with van der Waals surface area (Å²) in [6.07, 6.45) is 1.96. The Bertz CT molecular complexity index is 1000. The molecule has 1 fully saturated rings. The minimum Gasteiger partial charge on any atom is -0.353 e. The Morgan fingerprint density at radius 2 is 1.14 bits per heavy atom. The molecule has 4 rings (SSSR count). The molecule has 4 nitrogen and oxygen atoms in total. The summed E-state index contributed by atoms with van der Waals surface area (Å²) < 4.78 is 0. The van der Waals surface area contributed by atoms with Crippen LogP contribution in [-0.4, -0.2) is 34.8 Å². The van der Waals surface area contributed by atoms with E-state index in [0.29, 0.717) is 12.7 Å². The van der Waals surface area contributed by atoms with Crippen molar-refractivity contribution in [2.75, 3.05) is 12.7 Å². The normalized spacial score (nSPS) is 18.2. The Labute approximate surface area is 210 Å². The highest BCUT2D eigenvalue weighted by atomic mass is 31.2. The molecule has 183 valence electrons. The van der Waals surface area contributed by atoms with Crippen molar-refractivity contribution in [1.29, 1.82) is 0 Å². The molecule has 1 heterocycles. The Morgan fingerprint density at radius 1 is 0.771 bits per heavy atom. The van der Waals surface area contributed by atoms with Crippen LogP contribution in [0.2, 0.25) is 0 Å². The van der Waals surface area contributed by atoms with E-state index in [1.165, 1.54) is 21.0 Å². The van der Waals surface area contributed by atoms with Crippen molar-refractivity contribution in [2.24, 2.45) is 5.92 Å². The minimum absolute atomic E-state index is 0.0649. The molecule has 1 aliphatic heterocycles. The molecule has 0 saturated carbocycles. The van der Waals surface area contributed by atoms with Crippen LogP contribution in [0.15, 0.2) is 91.0 Å². The highest BCUT2D eigenvalue weighted by molar-refractivity contribution is 7.96. The number of hydrogen-bond donors (Lipinski definition) is 1. The van der Waals surface area contributed by atoms with Crippen LogP contribution in [0.5, 0.6) is 0 Å². The van der Waals surface area contributed by atoms with E-state index in [1.807, 2.05) is 45.9 Å². The van der Waals surface area contributed by atoms with Crippen molar-refractivity contribution >= 4 is 29.1 Å². The van der Waals surface area contributed by atoms with Gasteiger partial charge < -0.3 is 5.32 Å². The Hall–Kier alpha value is -2.52. The van der Waals surface area contributed by atoms with Crippen LogP contribution in [0, 0.1) is 5.92 Å². The topological polar surface area (TPSA) is 52.2 Å². The fourth-order valence-corrected chi connectivity index (χ4v) is 9.94.